The molecule has 1 unspecified atom stereocenters. The number of benzene rings is 1. The number of nitrogens with zero attached hydrogens (tertiary/aromatic N) is 2. The molecular formula is C16H15FN2O2. The molecule has 0 aliphatic carbocycles. The molecule has 1 aliphatic rings. The minimum Gasteiger partial charge on any atom is -0.465 e. The van der Waals surface area contributed by atoms with Crippen LogP contribution in [0.15, 0.2) is 36.4 Å². The van der Waals surface area contributed by atoms with Gasteiger partial charge >= 0.3 is 6.09 Å². The summed E-state index contributed by atoms with van der Waals surface area (Å²) in [6.45, 7) is 2.78. The van der Waals surface area contributed by atoms with Gasteiger partial charge in [-0.1, -0.05) is 13.0 Å². The summed E-state index contributed by atoms with van der Waals surface area (Å²) >= 11 is 0. The van der Waals surface area contributed by atoms with E-state index in [0.717, 1.165) is 22.5 Å². The Hall–Kier alpha value is -2.43. The van der Waals surface area contributed by atoms with Gasteiger partial charge in [-0.15, -0.1) is 0 Å². The maximum absolute atomic E-state index is 13.0. The Kier molecular flexibility index (Phi) is 3.33. The van der Waals surface area contributed by atoms with Gasteiger partial charge in [0.2, 0.25) is 0 Å². The Morgan fingerprint density at radius 1 is 1.29 bits per heavy atom. The van der Waals surface area contributed by atoms with Crippen LogP contribution in [-0.2, 0) is 6.54 Å². The highest BCUT2D eigenvalue weighted by molar-refractivity contribution is 5.66. The van der Waals surface area contributed by atoms with Crippen LogP contribution in [0.5, 0.6) is 0 Å². The Morgan fingerprint density at radius 2 is 2.00 bits per heavy atom. The van der Waals surface area contributed by atoms with Crippen LogP contribution in [0.3, 0.4) is 0 Å². The highest BCUT2D eigenvalue weighted by atomic mass is 19.1. The first-order chi connectivity index (χ1) is 10.0. The van der Waals surface area contributed by atoms with E-state index >= 15 is 0 Å². The predicted molar refractivity (Wildman–Crippen MR) is 76.5 cm³/mol. The van der Waals surface area contributed by atoms with Gasteiger partial charge in [0.25, 0.3) is 0 Å². The minimum atomic E-state index is -0.907. The van der Waals surface area contributed by atoms with Crippen LogP contribution in [0, 0.1) is 5.82 Å². The summed E-state index contributed by atoms with van der Waals surface area (Å²) in [5.74, 6) is -0.229. The number of hydrogen-bond acceptors (Lipinski definition) is 2. The fourth-order valence-corrected chi connectivity index (χ4v) is 2.68. The summed E-state index contributed by atoms with van der Waals surface area (Å²) < 4.78 is 13.0. The molecule has 3 rings (SSSR count). The van der Waals surface area contributed by atoms with E-state index < -0.39 is 6.09 Å². The summed E-state index contributed by atoms with van der Waals surface area (Å²) in [6, 6.07) is 9.97. The van der Waals surface area contributed by atoms with Crippen molar-refractivity contribution in [2.75, 3.05) is 6.54 Å². The zero-order valence-electron chi connectivity index (χ0n) is 11.6. The van der Waals surface area contributed by atoms with Crippen LogP contribution in [0.25, 0.3) is 11.3 Å². The van der Waals surface area contributed by atoms with E-state index in [1.807, 2.05) is 19.1 Å². The Morgan fingerprint density at radius 3 is 2.67 bits per heavy atom. The molecule has 5 heteroatoms. The predicted octanol–water partition coefficient (Wildman–Crippen LogP) is 3.48. The number of rotatable bonds is 1. The van der Waals surface area contributed by atoms with E-state index in [2.05, 4.69) is 4.98 Å². The van der Waals surface area contributed by atoms with Gasteiger partial charge in [0.15, 0.2) is 0 Å². The van der Waals surface area contributed by atoms with Gasteiger partial charge in [0.1, 0.15) is 5.82 Å². The fraction of sp³-hybridized carbons (Fsp3) is 0.250. The monoisotopic (exact) mass is 286 g/mol. The van der Waals surface area contributed by atoms with Crippen molar-refractivity contribution in [1.82, 2.24) is 9.88 Å². The molecule has 2 heterocycles. The van der Waals surface area contributed by atoms with E-state index in [1.54, 1.807) is 12.1 Å². The first kappa shape index (κ1) is 13.5. The standard InChI is InChI=1S/C16H15FN2O2/c1-10-8-19(16(20)21)9-12-4-7-14(18-15(10)12)11-2-5-13(17)6-3-11/h2-7,10H,8-9H2,1H3,(H,20,21). The first-order valence-electron chi connectivity index (χ1n) is 6.78. The molecule has 2 aromatic rings. The van der Waals surface area contributed by atoms with Gasteiger partial charge in [-0.25, -0.2) is 9.18 Å². The molecule has 0 spiro atoms. The van der Waals surface area contributed by atoms with Crippen LogP contribution in [0.1, 0.15) is 24.1 Å². The lowest BCUT2D eigenvalue weighted by Gasteiger charge is -2.30. The maximum atomic E-state index is 13.0. The van der Waals surface area contributed by atoms with Crippen molar-refractivity contribution in [3.8, 4) is 11.3 Å². The first-order valence-corrected chi connectivity index (χ1v) is 6.78. The number of halogens is 1. The zero-order valence-corrected chi connectivity index (χ0v) is 11.6. The lowest BCUT2D eigenvalue weighted by molar-refractivity contribution is 0.135. The molecule has 1 aromatic carbocycles. The smallest absolute Gasteiger partial charge is 0.407 e. The number of carbonyl (C=O) groups is 1. The number of fused-ring (bicyclic) bond motifs is 1. The van der Waals surface area contributed by atoms with Gasteiger partial charge in [0, 0.05) is 18.0 Å². The van der Waals surface area contributed by atoms with Crippen molar-refractivity contribution >= 4 is 6.09 Å². The van der Waals surface area contributed by atoms with Crippen molar-refractivity contribution in [3.05, 3.63) is 53.5 Å². The van der Waals surface area contributed by atoms with Gasteiger partial charge in [-0.05, 0) is 35.9 Å². The summed E-state index contributed by atoms with van der Waals surface area (Å²) in [6.07, 6.45) is -0.907. The second-order valence-electron chi connectivity index (χ2n) is 5.31. The lowest BCUT2D eigenvalue weighted by Crippen LogP contribution is -2.37. The Labute approximate surface area is 121 Å². The third-order valence-electron chi connectivity index (χ3n) is 3.75. The molecule has 1 N–H and O–H groups in total. The highest BCUT2D eigenvalue weighted by Gasteiger charge is 2.26. The molecule has 1 aromatic heterocycles. The summed E-state index contributed by atoms with van der Waals surface area (Å²) in [5, 5.41) is 9.11. The van der Waals surface area contributed by atoms with E-state index in [9.17, 15) is 9.18 Å². The molecule has 0 radical (unpaired) electrons. The number of aromatic nitrogens is 1. The summed E-state index contributed by atoms with van der Waals surface area (Å²) in [7, 11) is 0. The van der Waals surface area contributed by atoms with Gasteiger partial charge in [0.05, 0.1) is 17.9 Å². The van der Waals surface area contributed by atoms with Crippen molar-refractivity contribution in [1.29, 1.82) is 0 Å². The van der Waals surface area contributed by atoms with Crippen molar-refractivity contribution < 1.29 is 14.3 Å². The average molecular weight is 286 g/mol. The third-order valence-corrected chi connectivity index (χ3v) is 3.75. The van der Waals surface area contributed by atoms with Gasteiger partial charge in [-0.2, -0.15) is 0 Å². The number of carboxylic acid groups (broad SMARTS) is 1. The molecule has 108 valence electrons. The third kappa shape index (κ3) is 2.59. The van der Waals surface area contributed by atoms with E-state index in [1.165, 1.54) is 17.0 Å². The van der Waals surface area contributed by atoms with Crippen molar-refractivity contribution in [2.24, 2.45) is 0 Å². The van der Waals surface area contributed by atoms with E-state index in [4.69, 9.17) is 5.11 Å². The van der Waals surface area contributed by atoms with Crippen LogP contribution < -0.4 is 0 Å². The SMILES string of the molecule is CC1CN(C(=O)O)Cc2ccc(-c3ccc(F)cc3)nc21. The van der Waals surface area contributed by atoms with Gasteiger partial charge < -0.3 is 10.0 Å². The van der Waals surface area contributed by atoms with Crippen LogP contribution in [0.2, 0.25) is 0 Å². The molecule has 21 heavy (non-hydrogen) atoms. The molecule has 0 saturated heterocycles. The molecule has 4 nitrogen and oxygen atoms in total. The molecule has 1 amide bonds. The van der Waals surface area contributed by atoms with E-state index in [-0.39, 0.29) is 11.7 Å². The average Bonchev–Trinajstić information content (AvgIpc) is 2.47. The zero-order chi connectivity index (χ0) is 15.0. The molecule has 0 bridgehead atoms. The fourth-order valence-electron chi connectivity index (χ4n) is 2.68. The Balaban J connectivity index is 1.97. The largest absolute Gasteiger partial charge is 0.465 e. The Bertz CT molecular complexity index is 685. The second-order valence-corrected chi connectivity index (χ2v) is 5.31. The molecule has 0 fully saturated rings. The number of pyridine rings is 1. The molecule has 0 saturated carbocycles. The van der Waals surface area contributed by atoms with Crippen LogP contribution in [-0.4, -0.2) is 27.6 Å². The van der Waals surface area contributed by atoms with Crippen molar-refractivity contribution in [2.45, 2.75) is 19.4 Å². The van der Waals surface area contributed by atoms with Crippen molar-refractivity contribution in [3.63, 3.8) is 0 Å². The highest BCUT2D eigenvalue weighted by Crippen LogP contribution is 2.29. The van der Waals surface area contributed by atoms with Crippen LogP contribution in [0.4, 0.5) is 9.18 Å². The number of hydrogen-bond donors (Lipinski definition) is 1. The van der Waals surface area contributed by atoms with E-state index in [0.29, 0.717) is 13.1 Å². The summed E-state index contributed by atoms with van der Waals surface area (Å²) in [5.41, 5.74) is 3.49. The van der Waals surface area contributed by atoms with Gasteiger partial charge in [-0.3, -0.25) is 4.98 Å². The van der Waals surface area contributed by atoms with Crippen LogP contribution >= 0.6 is 0 Å². The summed E-state index contributed by atoms with van der Waals surface area (Å²) in [4.78, 5) is 17.1. The lowest BCUT2D eigenvalue weighted by atomic mass is 9.95. The molecular weight excluding hydrogens is 271 g/mol. The second kappa shape index (κ2) is 5.16. The maximum Gasteiger partial charge on any atom is 0.407 e. The topological polar surface area (TPSA) is 53.4 Å². The molecule has 1 aliphatic heterocycles. The minimum absolute atomic E-state index is 0.0465. The quantitative estimate of drug-likeness (QED) is 0.873. The molecule has 1 atom stereocenters. The number of amides is 1. The normalized spacial score (nSPS) is 17.4.